The van der Waals surface area contributed by atoms with Gasteiger partial charge in [-0.05, 0) is 13.8 Å². The molecule has 0 spiro atoms. The Labute approximate surface area is 108 Å². The topological polar surface area (TPSA) is 116 Å². The zero-order valence-electron chi connectivity index (χ0n) is 11.1. The first-order chi connectivity index (χ1) is 7.91. The second-order valence-electron chi connectivity index (χ2n) is 5.44. The largest absolute Gasteiger partial charge is 0.351 e. The van der Waals surface area contributed by atoms with Gasteiger partial charge in [-0.25, -0.2) is 5.48 Å². The van der Waals surface area contributed by atoms with E-state index in [-0.39, 0.29) is 18.9 Å². The Bertz CT molecular complexity index is 389. The molecule has 0 heterocycles. The van der Waals surface area contributed by atoms with Gasteiger partial charge in [-0.3, -0.25) is 9.35 Å². The molecule has 0 atom stereocenters. The highest BCUT2D eigenvalue weighted by molar-refractivity contribution is 7.85. The molecule has 0 aromatic rings. The van der Waals surface area contributed by atoms with E-state index < -0.39 is 26.8 Å². The van der Waals surface area contributed by atoms with E-state index in [1.807, 2.05) is 5.48 Å². The molecule has 0 rings (SSSR count). The molecule has 0 aromatic heterocycles. The van der Waals surface area contributed by atoms with Crippen LogP contribution >= 0.6 is 0 Å². The Morgan fingerprint density at radius 2 is 1.72 bits per heavy atom. The zero-order chi connectivity index (χ0) is 14.6. The maximum atomic E-state index is 11.6. The summed E-state index contributed by atoms with van der Waals surface area (Å²) in [5.74, 6) is -0.768. The molecule has 0 unspecified atom stereocenters. The molecule has 18 heavy (non-hydrogen) atoms. The van der Waals surface area contributed by atoms with Crippen LogP contribution in [0.5, 0.6) is 0 Å². The normalized spacial score (nSPS) is 13.4. The van der Waals surface area contributed by atoms with Crippen molar-refractivity contribution in [2.45, 2.75) is 39.7 Å². The van der Waals surface area contributed by atoms with Gasteiger partial charge in [-0.1, -0.05) is 13.8 Å². The van der Waals surface area contributed by atoms with Crippen LogP contribution in [-0.4, -0.2) is 41.9 Å². The lowest BCUT2D eigenvalue weighted by Gasteiger charge is -2.41. The van der Waals surface area contributed by atoms with Crippen molar-refractivity contribution < 1.29 is 23.0 Å². The molecule has 0 aliphatic rings. The second-order valence-corrected chi connectivity index (χ2v) is 6.89. The number of amides is 1. The first kappa shape index (κ1) is 17.3. The van der Waals surface area contributed by atoms with Crippen molar-refractivity contribution in [3.63, 3.8) is 0 Å². The van der Waals surface area contributed by atoms with E-state index in [0.29, 0.717) is 0 Å². The SMILES string of the molecule is CC(C)(CS(=O)(=O)O)C(C)(C)NC(=O)CCNO. The summed E-state index contributed by atoms with van der Waals surface area (Å²) < 4.78 is 30.8. The summed E-state index contributed by atoms with van der Waals surface area (Å²) in [6.45, 7) is 6.77. The lowest BCUT2D eigenvalue weighted by molar-refractivity contribution is -0.124. The summed E-state index contributed by atoms with van der Waals surface area (Å²) in [7, 11) is -4.12. The predicted molar refractivity (Wildman–Crippen MR) is 66.8 cm³/mol. The van der Waals surface area contributed by atoms with E-state index in [0.717, 1.165) is 0 Å². The third-order valence-corrected chi connectivity index (χ3v) is 4.24. The number of rotatable bonds is 7. The molecule has 0 aliphatic heterocycles. The summed E-state index contributed by atoms with van der Waals surface area (Å²) in [5, 5.41) is 11.1. The van der Waals surface area contributed by atoms with E-state index in [4.69, 9.17) is 9.76 Å². The van der Waals surface area contributed by atoms with Gasteiger partial charge in [-0.15, -0.1) is 0 Å². The molecule has 1 amide bonds. The average molecular weight is 282 g/mol. The maximum Gasteiger partial charge on any atom is 0.265 e. The monoisotopic (exact) mass is 282 g/mol. The van der Waals surface area contributed by atoms with Crippen molar-refractivity contribution in [2.75, 3.05) is 12.3 Å². The third-order valence-electron chi connectivity index (χ3n) is 3.15. The van der Waals surface area contributed by atoms with Crippen LogP contribution < -0.4 is 10.8 Å². The fourth-order valence-corrected chi connectivity index (χ4v) is 2.66. The fraction of sp³-hybridized carbons (Fsp3) is 0.900. The summed E-state index contributed by atoms with van der Waals surface area (Å²) in [6.07, 6.45) is 0.0713. The van der Waals surface area contributed by atoms with Gasteiger partial charge in [0.2, 0.25) is 5.91 Å². The Morgan fingerprint density at radius 1 is 1.22 bits per heavy atom. The maximum absolute atomic E-state index is 11.6. The van der Waals surface area contributed by atoms with E-state index in [2.05, 4.69) is 5.32 Å². The molecule has 7 nitrogen and oxygen atoms in total. The first-order valence-electron chi connectivity index (χ1n) is 5.54. The van der Waals surface area contributed by atoms with Crippen molar-refractivity contribution in [3.05, 3.63) is 0 Å². The quantitative estimate of drug-likeness (QED) is 0.390. The van der Waals surface area contributed by atoms with Crippen LogP contribution in [0, 0.1) is 5.41 Å². The van der Waals surface area contributed by atoms with Gasteiger partial charge in [0, 0.05) is 23.9 Å². The summed E-state index contributed by atoms with van der Waals surface area (Å²) in [6, 6.07) is 0. The van der Waals surface area contributed by atoms with Crippen LogP contribution in [0.3, 0.4) is 0 Å². The molecule has 4 N–H and O–H groups in total. The Morgan fingerprint density at radius 3 is 2.11 bits per heavy atom. The van der Waals surface area contributed by atoms with Gasteiger partial charge in [0.05, 0.1) is 5.75 Å². The summed E-state index contributed by atoms with van der Waals surface area (Å²) >= 11 is 0. The van der Waals surface area contributed by atoms with Gasteiger partial charge >= 0.3 is 0 Å². The van der Waals surface area contributed by atoms with Crippen LogP contribution in [0.15, 0.2) is 0 Å². The molecule has 0 saturated heterocycles. The number of carbonyl (C=O) groups excluding carboxylic acids is 1. The zero-order valence-corrected chi connectivity index (χ0v) is 12.0. The molecule has 0 bridgehead atoms. The van der Waals surface area contributed by atoms with Crippen LogP contribution in [0.2, 0.25) is 0 Å². The minimum absolute atomic E-state index is 0.0713. The minimum Gasteiger partial charge on any atom is -0.351 e. The van der Waals surface area contributed by atoms with E-state index in [1.54, 1.807) is 27.7 Å². The van der Waals surface area contributed by atoms with Gasteiger partial charge in [0.25, 0.3) is 10.1 Å². The number of nitrogens with one attached hydrogen (secondary N) is 2. The first-order valence-corrected chi connectivity index (χ1v) is 7.15. The molecule has 108 valence electrons. The van der Waals surface area contributed by atoms with Crippen molar-refractivity contribution >= 4 is 16.0 Å². The van der Waals surface area contributed by atoms with Gasteiger partial charge in [-0.2, -0.15) is 8.42 Å². The highest BCUT2D eigenvalue weighted by atomic mass is 32.2. The lowest BCUT2D eigenvalue weighted by Crippen LogP contribution is -2.56. The fourth-order valence-electron chi connectivity index (χ4n) is 1.39. The average Bonchev–Trinajstić information content (AvgIpc) is 2.09. The third kappa shape index (κ3) is 5.76. The van der Waals surface area contributed by atoms with Crippen molar-refractivity contribution in [2.24, 2.45) is 5.41 Å². The highest BCUT2D eigenvalue weighted by Gasteiger charge is 2.41. The van der Waals surface area contributed by atoms with Crippen molar-refractivity contribution in [3.8, 4) is 0 Å². The Hall–Kier alpha value is -0.700. The van der Waals surface area contributed by atoms with Gasteiger partial charge < -0.3 is 10.5 Å². The minimum atomic E-state index is -4.12. The van der Waals surface area contributed by atoms with E-state index in [1.165, 1.54) is 0 Å². The lowest BCUT2D eigenvalue weighted by atomic mass is 9.76. The van der Waals surface area contributed by atoms with E-state index in [9.17, 15) is 13.2 Å². The molecular weight excluding hydrogens is 260 g/mol. The summed E-state index contributed by atoms with van der Waals surface area (Å²) in [4.78, 5) is 11.6. The summed E-state index contributed by atoms with van der Waals surface area (Å²) in [5.41, 5.74) is 0.196. The molecule has 0 aliphatic carbocycles. The number of hydrogen-bond donors (Lipinski definition) is 4. The van der Waals surface area contributed by atoms with Crippen LogP contribution in [-0.2, 0) is 14.9 Å². The molecule has 0 saturated carbocycles. The van der Waals surface area contributed by atoms with E-state index >= 15 is 0 Å². The van der Waals surface area contributed by atoms with Crippen molar-refractivity contribution in [1.29, 1.82) is 0 Å². The smallest absolute Gasteiger partial charge is 0.265 e. The molecular formula is C10H22N2O5S. The van der Waals surface area contributed by atoms with Gasteiger partial charge in [0.15, 0.2) is 0 Å². The second kappa shape index (κ2) is 5.96. The van der Waals surface area contributed by atoms with Gasteiger partial charge in [0.1, 0.15) is 0 Å². The molecule has 0 radical (unpaired) electrons. The number of carbonyl (C=O) groups is 1. The Balaban J connectivity index is 4.74. The van der Waals surface area contributed by atoms with Crippen LogP contribution in [0.25, 0.3) is 0 Å². The van der Waals surface area contributed by atoms with Crippen LogP contribution in [0.4, 0.5) is 0 Å². The van der Waals surface area contributed by atoms with Crippen molar-refractivity contribution in [1.82, 2.24) is 10.8 Å². The predicted octanol–water partition coefficient (Wildman–Crippen LogP) is 0.164. The number of hydrogen-bond acceptors (Lipinski definition) is 5. The van der Waals surface area contributed by atoms with Crippen LogP contribution in [0.1, 0.15) is 34.1 Å². The molecule has 8 heteroatoms. The standard InChI is InChI=1S/C10H22N2O5S/c1-9(2,7-18(15,16)17)10(3,4)12-8(13)5-6-11-14/h11,14H,5-7H2,1-4H3,(H,12,13)(H,15,16,17). The number of hydroxylamine groups is 1. The highest BCUT2D eigenvalue weighted by Crippen LogP contribution is 2.31. The molecule has 0 fully saturated rings. The molecule has 0 aromatic carbocycles. The Kier molecular flexibility index (Phi) is 5.73.